The second kappa shape index (κ2) is 14.4. The molecule has 0 bridgehead atoms. The maximum atomic E-state index is 13.3. The molecule has 1 saturated heterocycles. The van der Waals surface area contributed by atoms with Gasteiger partial charge in [-0.1, -0.05) is 26.0 Å². The van der Waals surface area contributed by atoms with Gasteiger partial charge in [-0.05, 0) is 124 Å². The van der Waals surface area contributed by atoms with Crippen molar-refractivity contribution < 1.29 is 23.4 Å². The third-order valence-corrected chi connectivity index (χ3v) is 9.05. The van der Waals surface area contributed by atoms with Crippen molar-refractivity contribution in [3.63, 3.8) is 0 Å². The van der Waals surface area contributed by atoms with Gasteiger partial charge in [0.25, 0.3) is 0 Å². The number of hydrogen-bond acceptors (Lipinski definition) is 5. The summed E-state index contributed by atoms with van der Waals surface area (Å²) >= 11 is 0. The second-order valence-electron chi connectivity index (χ2n) is 12.8. The van der Waals surface area contributed by atoms with Gasteiger partial charge in [-0.25, -0.2) is 4.39 Å². The smallest absolute Gasteiger partial charge is 0.311 e. The number of ether oxygens (including phenoxy) is 3. The number of carbonyl (C=O) groups excluding carboxylic acids is 1. The topological polar surface area (TPSA) is 48.0 Å². The minimum absolute atomic E-state index is 0. The van der Waals surface area contributed by atoms with Crippen LogP contribution in [0.4, 0.5) is 4.39 Å². The molecule has 2 aliphatic heterocycles. The van der Waals surface area contributed by atoms with Gasteiger partial charge in [0.05, 0.1) is 18.8 Å². The fraction of sp³-hybridized carbons (Fsp3) is 0.571. The Morgan fingerprint density at radius 1 is 1.14 bits per heavy atom. The average Bonchev–Trinajstić information content (AvgIpc) is 2.94. The molecule has 2 unspecified atom stereocenters. The molecular weight excluding hydrogens is 553 g/mol. The number of halogens is 2. The third-order valence-electron chi connectivity index (χ3n) is 9.05. The van der Waals surface area contributed by atoms with Gasteiger partial charge in [-0.2, -0.15) is 0 Å². The van der Waals surface area contributed by atoms with E-state index in [1.807, 2.05) is 12.1 Å². The van der Waals surface area contributed by atoms with Crippen LogP contribution in [0.2, 0.25) is 0 Å². The fourth-order valence-electron chi connectivity index (χ4n) is 6.60. The second-order valence-corrected chi connectivity index (χ2v) is 12.8. The van der Waals surface area contributed by atoms with Crippen LogP contribution in [0.1, 0.15) is 95.2 Å². The van der Waals surface area contributed by atoms with E-state index < -0.39 is 0 Å². The maximum Gasteiger partial charge on any atom is 0.311 e. The number of carbonyl (C=O) groups is 1. The Kier molecular flexibility index (Phi) is 11.1. The standard InChI is InChI=1S/C35H46FNO4.ClH/c1-24-10-15-30-29(21-24)34-31(40-33(38)9-6-16-37-17-19-39-20-18-37)22-27(23-32(34)41-35(30,3)4)25(2)7-5-8-26-11-13-28(36)14-12-26;/h11-14,22-25H,5-10,15-21H2,1-4H3;1H. The maximum absolute atomic E-state index is 13.3. The zero-order valence-electron chi connectivity index (χ0n) is 25.7. The quantitative estimate of drug-likeness (QED) is 0.204. The Labute approximate surface area is 257 Å². The van der Waals surface area contributed by atoms with E-state index in [9.17, 15) is 9.18 Å². The van der Waals surface area contributed by atoms with E-state index >= 15 is 0 Å². The summed E-state index contributed by atoms with van der Waals surface area (Å²) in [6.45, 7) is 13.1. The van der Waals surface area contributed by atoms with Crippen LogP contribution >= 0.6 is 12.4 Å². The lowest BCUT2D eigenvalue weighted by Gasteiger charge is -2.41. The van der Waals surface area contributed by atoms with E-state index in [1.54, 1.807) is 0 Å². The lowest BCUT2D eigenvalue weighted by molar-refractivity contribution is -0.134. The SMILES string of the molecule is CC1CCC2=C(C1)c1c(OC(=O)CCCN3CCOCC3)cc(C(C)CCCc3ccc(F)cc3)cc1OC2(C)C.Cl. The van der Waals surface area contributed by atoms with E-state index in [-0.39, 0.29) is 35.7 Å². The highest BCUT2D eigenvalue weighted by Crippen LogP contribution is 2.52. The molecule has 2 atom stereocenters. The minimum Gasteiger partial charge on any atom is -0.483 e. The van der Waals surface area contributed by atoms with Gasteiger partial charge in [-0.15, -0.1) is 12.4 Å². The molecule has 0 saturated carbocycles. The number of allylic oxidation sites excluding steroid dienone is 1. The van der Waals surface area contributed by atoms with E-state index in [1.165, 1.54) is 23.3 Å². The number of aryl methyl sites for hydroxylation is 1. The first-order chi connectivity index (χ1) is 19.7. The summed E-state index contributed by atoms with van der Waals surface area (Å²) in [6.07, 6.45) is 7.16. The van der Waals surface area contributed by atoms with Crippen molar-refractivity contribution in [2.45, 2.75) is 90.6 Å². The highest BCUT2D eigenvalue weighted by Gasteiger charge is 2.39. The Morgan fingerprint density at radius 2 is 1.88 bits per heavy atom. The Balaban J connectivity index is 0.00000405. The van der Waals surface area contributed by atoms with Crippen molar-refractivity contribution in [1.29, 1.82) is 0 Å². The molecule has 1 fully saturated rings. The fourth-order valence-corrected chi connectivity index (χ4v) is 6.60. The Bertz CT molecular complexity index is 1250. The number of rotatable bonds is 10. The zero-order chi connectivity index (χ0) is 29.0. The number of benzene rings is 2. The molecule has 0 spiro atoms. The summed E-state index contributed by atoms with van der Waals surface area (Å²) in [5, 5.41) is 0. The summed E-state index contributed by atoms with van der Waals surface area (Å²) in [5.41, 5.74) is 5.52. The van der Waals surface area contributed by atoms with Crippen molar-refractivity contribution in [3.05, 3.63) is 64.5 Å². The average molecular weight is 600 g/mol. The predicted molar refractivity (Wildman–Crippen MR) is 168 cm³/mol. The highest BCUT2D eigenvalue weighted by atomic mass is 35.5. The molecule has 0 aromatic heterocycles. The van der Waals surface area contributed by atoms with E-state index in [2.05, 4.69) is 44.7 Å². The van der Waals surface area contributed by atoms with Gasteiger partial charge in [0, 0.05) is 19.5 Å². The van der Waals surface area contributed by atoms with Crippen molar-refractivity contribution in [2.24, 2.45) is 5.92 Å². The number of fused-ring (bicyclic) bond motifs is 2. The summed E-state index contributed by atoms with van der Waals surface area (Å²) in [6, 6.07) is 11.0. The third kappa shape index (κ3) is 7.94. The monoisotopic (exact) mass is 599 g/mol. The van der Waals surface area contributed by atoms with Crippen LogP contribution in [0.15, 0.2) is 42.0 Å². The molecule has 0 amide bonds. The van der Waals surface area contributed by atoms with Crippen LogP contribution in [0, 0.1) is 11.7 Å². The number of esters is 1. The minimum atomic E-state index is -0.383. The molecular formula is C35H47ClFNO4. The van der Waals surface area contributed by atoms with Crippen molar-refractivity contribution >= 4 is 23.9 Å². The molecule has 42 heavy (non-hydrogen) atoms. The van der Waals surface area contributed by atoms with E-state index in [0.29, 0.717) is 18.1 Å². The number of hydrogen-bond donors (Lipinski definition) is 0. The van der Waals surface area contributed by atoms with Crippen molar-refractivity contribution in [1.82, 2.24) is 4.90 Å². The number of nitrogens with zero attached hydrogens (tertiary/aromatic N) is 1. The molecule has 0 radical (unpaired) electrons. The van der Waals surface area contributed by atoms with Crippen LogP contribution in [-0.2, 0) is 16.0 Å². The van der Waals surface area contributed by atoms with Gasteiger partial charge in [0.1, 0.15) is 22.9 Å². The lowest BCUT2D eigenvalue weighted by atomic mass is 9.74. The normalized spacial score (nSPS) is 20.5. The molecule has 230 valence electrons. The zero-order valence-corrected chi connectivity index (χ0v) is 26.5. The first-order valence-corrected chi connectivity index (χ1v) is 15.5. The Morgan fingerprint density at radius 3 is 2.62 bits per heavy atom. The molecule has 2 heterocycles. The van der Waals surface area contributed by atoms with Crippen LogP contribution < -0.4 is 9.47 Å². The largest absolute Gasteiger partial charge is 0.483 e. The van der Waals surface area contributed by atoms with E-state index in [0.717, 1.165) is 100 Å². The first kappa shape index (κ1) is 32.5. The lowest BCUT2D eigenvalue weighted by Crippen LogP contribution is -2.37. The Hall–Kier alpha value is -2.41. The van der Waals surface area contributed by atoms with Crippen molar-refractivity contribution in [2.75, 3.05) is 32.8 Å². The van der Waals surface area contributed by atoms with Crippen molar-refractivity contribution in [3.8, 4) is 11.5 Å². The summed E-state index contributed by atoms with van der Waals surface area (Å²) in [4.78, 5) is 15.5. The summed E-state index contributed by atoms with van der Waals surface area (Å²) < 4.78 is 31.6. The van der Waals surface area contributed by atoms with Gasteiger partial charge in [0.15, 0.2) is 0 Å². The molecule has 3 aliphatic rings. The molecule has 1 aliphatic carbocycles. The highest BCUT2D eigenvalue weighted by molar-refractivity contribution is 5.85. The molecule has 7 heteroatoms. The summed E-state index contributed by atoms with van der Waals surface area (Å²) in [7, 11) is 0. The van der Waals surface area contributed by atoms with Crippen LogP contribution in [0.3, 0.4) is 0 Å². The van der Waals surface area contributed by atoms with Crippen LogP contribution in [-0.4, -0.2) is 49.3 Å². The predicted octanol–water partition coefficient (Wildman–Crippen LogP) is 8.14. The van der Waals surface area contributed by atoms with E-state index in [4.69, 9.17) is 14.2 Å². The van der Waals surface area contributed by atoms with Gasteiger partial charge >= 0.3 is 5.97 Å². The molecule has 5 rings (SSSR count). The molecule has 5 nitrogen and oxygen atoms in total. The molecule has 0 N–H and O–H groups in total. The number of morpholine rings is 1. The van der Waals surface area contributed by atoms with Crippen LogP contribution in [0.25, 0.3) is 5.57 Å². The first-order valence-electron chi connectivity index (χ1n) is 15.5. The summed E-state index contributed by atoms with van der Waals surface area (Å²) in [5.74, 6) is 1.94. The van der Waals surface area contributed by atoms with Gasteiger partial charge < -0.3 is 14.2 Å². The molecule has 2 aromatic rings. The van der Waals surface area contributed by atoms with Gasteiger partial charge in [0.2, 0.25) is 0 Å². The van der Waals surface area contributed by atoms with Crippen LogP contribution in [0.5, 0.6) is 11.5 Å². The van der Waals surface area contributed by atoms with Gasteiger partial charge in [-0.3, -0.25) is 9.69 Å². The molecule has 2 aromatic carbocycles.